The van der Waals surface area contributed by atoms with Gasteiger partial charge in [-0.1, -0.05) is 45.7 Å². The van der Waals surface area contributed by atoms with E-state index in [2.05, 4.69) is 49.3 Å². The molecule has 1 aromatic carbocycles. The standard InChI is InChI=1S/C17H22Br2N2O2/c1-4-10-23-13-8-6-12(7-9-13)14(5-2)20-21-15(22)16(3)11-17(16,18)19/h6-9H,4-5,10-11H2,1-3H3,(H,21,22)/b20-14-/t16-/m0/s1. The largest absolute Gasteiger partial charge is 0.494 e. The van der Waals surface area contributed by atoms with E-state index in [0.717, 1.165) is 36.3 Å². The Bertz CT molecular complexity index is 599. The van der Waals surface area contributed by atoms with E-state index >= 15 is 0 Å². The Labute approximate surface area is 154 Å². The predicted molar refractivity (Wildman–Crippen MR) is 101 cm³/mol. The number of alkyl halides is 2. The molecule has 2 rings (SSSR count). The second kappa shape index (κ2) is 7.34. The van der Waals surface area contributed by atoms with Crippen LogP contribution in [0, 0.1) is 5.41 Å². The molecule has 1 fully saturated rings. The molecular weight excluding hydrogens is 424 g/mol. The molecule has 0 unspecified atom stereocenters. The molecule has 6 heteroatoms. The molecular formula is C17H22Br2N2O2. The minimum Gasteiger partial charge on any atom is -0.494 e. The van der Waals surface area contributed by atoms with Crippen molar-refractivity contribution in [1.82, 2.24) is 5.43 Å². The first-order valence-electron chi connectivity index (χ1n) is 7.82. The van der Waals surface area contributed by atoms with E-state index < -0.39 is 5.41 Å². The minimum atomic E-state index is -0.465. The lowest BCUT2D eigenvalue weighted by atomic mass is 10.1. The highest BCUT2D eigenvalue weighted by atomic mass is 79.9. The molecule has 1 aromatic rings. The molecule has 23 heavy (non-hydrogen) atoms. The number of carbonyl (C=O) groups is 1. The summed E-state index contributed by atoms with van der Waals surface area (Å²) >= 11 is 7.00. The van der Waals surface area contributed by atoms with Crippen LogP contribution in [0.25, 0.3) is 0 Å². The summed E-state index contributed by atoms with van der Waals surface area (Å²) < 4.78 is 5.27. The van der Waals surface area contributed by atoms with Gasteiger partial charge in [-0.25, -0.2) is 5.43 Å². The van der Waals surface area contributed by atoms with Crippen LogP contribution in [0.1, 0.15) is 45.6 Å². The van der Waals surface area contributed by atoms with Gasteiger partial charge in [0.25, 0.3) is 0 Å². The van der Waals surface area contributed by atoms with E-state index in [1.54, 1.807) is 0 Å². The van der Waals surface area contributed by atoms with Crippen LogP contribution < -0.4 is 10.2 Å². The van der Waals surface area contributed by atoms with E-state index in [1.807, 2.05) is 38.1 Å². The van der Waals surface area contributed by atoms with Crippen LogP contribution in [-0.2, 0) is 4.79 Å². The molecule has 126 valence electrons. The van der Waals surface area contributed by atoms with Crippen molar-refractivity contribution in [1.29, 1.82) is 0 Å². The maximum atomic E-state index is 12.3. The number of amides is 1. The number of carbonyl (C=O) groups excluding carboxylic acids is 1. The van der Waals surface area contributed by atoms with Crippen LogP contribution in [0.15, 0.2) is 29.4 Å². The van der Waals surface area contributed by atoms with E-state index in [9.17, 15) is 4.79 Å². The highest BCUT2D eigenvalue weighted by Gasteiger charge is 2.66. The van der Waals surface area contributed by atoms with Crippen LogP contribution in [0.2, 0.25) is 0 Å². The first-order valence-corrected chi connectivity index (χ1v) is 9.40. The number of nitrogens with zero attached hydrogens (tertiary/aromatic N) is 1. The van der Waals surface area contributed by atoms with Crippen molar-refractivity contribution in [2.24, 2.45) is 10.5 Å². The summed E-state index contributed by atoms with van der Waals surface area (Å²) in [6, 6.07) is 7.81. The van der Waals surface area contributed by atoms with Crippen molar-refractivity contribution < 1.29 is 9.53 Å². The third kappa shape index (κ3) is 4.15. The summed E-state index contributed by atoms with van der Waals surface area (Å²) in [5.74, 6) is 0.768. The smallest absolute Gasteiger partial charge is 0.248 e. The molecule has 4 nitrogen and oxygen atoms in total. The Balaban J connectivity index is 2.03. The topological polar surface area (TPSA) is 50.7 Å². The average Bonchev–Trinajstić information content (AvgIpc) is 3.06. The molecule has 1 saturated carbocycles. The van der Waals surface area contributed by atoms with E-state index in [1.165, 1.54) is 0 Å². The van der Waals surface area contributed by atoms with Crippen molar-refractivity contribution in [3.63, 3.8) is 0 Å². The van der Waals surface area contributed by atoms with Gasteiger partial charge >= 0.3 is 0 Å². The third-order valence-electron chi connectivity index (χ3n) is 4.05. The van der Waals surface area contributed by atoms with Gasteiger partial charge in [0.05, 0.1) is 21.0 Å². The fraction of sp³-hybridized carbons (Fsp3) is 0.529. The monoisotopic (exact) mass is 444 g/mol. The van der Waals surface area contributed by atoms with Crippen molar-refractivity contribution in [2.75, 3.05) is 6.61 Å². The van der Waals surface area contributed by atoms with Gasteiger partial charge in [-0.3, -0.25) is 4.79 Å². The van der Waals surface area contributed by atoms with E-state index in [4.69, 9.17) is 4.74 Å². The molecule has 0 aliphatic heterocycles. The number of rotatable bonds is 7. The lowest BCUT2D eigenvalue weighted by molar-refractivity contribution is -0.125. The third-order valence-corrected chi connectivity index (χ3v) is 6.36. The predicted octanol–water partition coefficient (Wildman–Crippen LogP) is 4.60. The Kier molecular flexibility index (Phi) is 5.89. The summed E-state index contributed by atoms with van der Waals surface area (Å²) in [4.78, 5) is 12.3. The van der Waals surface area contributed by atoms with Crippen molar-refractivity contribution in [2.45, 2.75) is 43.3 Å². The first kappa shape index (κ1) is 18.5. The number of nitrogens with one attached hydrogen (secondary N) is 1. The maximum absolute atomic E-state index is 12.3. The number of hydrogen-bond donors (Lipinski definition) is 1. The number of halogens is 2. The number of benzene rings is 1. The maximum Gasteiger partial charge on any atom is 0.248 e. The quantitative estimate of drug-likeness (QED) is 0.378. The Morgan fingerprint density at radius 3 is 2.39 bits per heavy atom. The van der Waals surface area contributed by atoms with E-state index in [-0.39, 0.29) is 9.14 Å². The molecule has 0 saturated heterocycles. The lowest BCUT2D eigenvalue weighted by Crippen LogP contribution is -2.30. The zero-order valence-electron chi connectivity index (χ0n) is 13.7. The van der Waals surface area contributed by atoms with Crippen LogP contribution in [0.3, 0.4) is 0 Å². The number of ether oxygens (including phenoxy) is 1. The molecule has 0 bridgehead atoms. The van der Waals surface area contributed by atoms with Gasteiger partial charge in [-0.2, -0.15) is 5.10 Å². The first-order chi connectivity index (χ1) is 10.8. The van der Waals surface area contributed by atoms with Gasteiger partial charge in [0, 0.05) is 0 Å². The fourth-order valence-electron chi connectivity index (χ4n) is 2.20. The normalized spacial score (nSPS) is 22.6. The molecule has 0 spiro atoms. The number of hydrogen-bond acceptors (Lipinski definition) is 3. The summed E-state index contributed by atoms with van der Waals surface area (Å²) in [5, 5.41) is 4.31. The number of hydrazone groups is 1. The van der Waals surface area contributed by atoms with E-state index in [0.29, 0.717) is 6.61 Å². The molecule has 0 aromatic heterocycles. The molecule has 0 radical (unpaired) electrons. The van der Waals surface area contributed by atoms with Gasteiger partial charge in [0.1, 0.15) is 5.75 Å². The Hall–Kier alpha value is -0.880. The van der Waals surface area contributed by atoms with Gasteiger partial charge in [-0.15, -0.1) is 0 Å². The van der Waals surface area contributed by atoms with Crippen molar-refractivity contribution >= 4 is 43.5 Å². The molecule has 0 heterocycles. The summed E-state index contributed by atoms with van der Waals surface area (Å²) in [5.41, 5.74) is 4.07. The Morgan fingerprint density at radius 1 is 1.30 bits per heavy atom. The zero-order valence-corrected chi connectivity index (χ0v) is 16.8. The van der Waals surface area contributed by atoms with Crippen molar-refractivity contribution in [3.8, 4) is 5.75 Å². The van der Waals surface area contributed by atoms with Crippen LogP contribution in [0.5, 0.6) is 5.75 Å². The Morgan fingerprint density at radius 2 is 1.91 bits per heavy atom. The highest BCUT2D eigenvalue weighted by molar-refractivity contribution is 9.25. The second-order valence-electron chi connectivity index (χ2n) is 5.94. The highest BCUT2D eigenvalue weighted by Crippen LogP contribution is 2.66. The summed E-state index contributed by atoms with van der Waals surface area (Å²) in [7, 11) is 0. The van der Waals surface area contributed by atoms with Gasteiger partial charge < -0.3 is 4.74 Å². The zero-order chi connectivity index (χ0) is 17.1. The van der Waals surface area contributed by atoms with Gasteiger partial charge in [0.2, 0.25) is 5.91 Å². The molecule has 1 N–H and O–H groups in total. The molecule has 1 aliphatic rings. The van der Waals surface area contributed by atoms with Crippen LogP contribution in [-0.4, -0.2) is 21.5 Å². The summed E-state index contributed by atoms with van der Waals surface area (Å²) in [6.45, 7) is 6.72. The minimum absolute atomic E-state index is 0.0832. The van der Waals surface area contributed by atoms with Crippen molar-refractivity contribution in [3.05, 3.63) is 29.8 Å². The summed E-state index contributed by atoms with van der Waals surface area (Å²) in [6.07, 6.45) is 2.46. The van der Waals surface area contributed by atoms with Crippen LogP contribution >= 0.6 is 31.9 Å². The lowest BCUT2D eigenvalue weighted by Gasteiger charge is -2.12. The molecule has 1 aliphatic carbocycles. The van der Waals surface area contributed by atoms with Gasteiger partial charge in [-0.05, 0) is 56.0 Å². The second-order valence-corrected chi connectivity index (χ2v) is 9.71. The molecule has 1 atom stereocenters. The molecule has 1 amide bonds. The van der Waals surface area contributed by atoms with Crippen LogP contribution in [0.4, 0.5) is 0 Å². The fourth-order valence-corrected chi connectivity index (χ4v) is 3.68. The SMILES string of the molecule is CCCOc1ccc(/C(CC)=N\NC(=O)[C@]2(C)CC2(Br)Br)cc1. The average molecular weight is 446 g/mol. The van der Waals surface area contributed by atoms with Gasteiger partial charge in [0.15, 0.2) is 0 Å².